The number of benzene rings is 4. The third kappa shape index (κ3) is 5.81. The highest BCUT2D eigenvalue weighted by Crippen LogP contribution is 2.37. The van der Waals surface area contributed by atoms with Crippen molar-refractivity contribution in [1.82, 2.24) is 4.90 Å². The molecule has 3 nitrogen and oxygen atoms in total. The molecule has 5 rings (SSSR count). The van der Waals surface area contributed by atoms with Gasteiger partial charge < -0.3 is 15.1 Å². The van der Waals surface area contributed by atoms with Gasteiger partial charge in [0.25, 0.3) is 0 Å². The number of likely N-dealkylation sites (tertiary alicyclic amines) is 1. The summed E-state index contributed by atoms with van der Waals surface area (Å²) in [7, 11) is 0. The maximum atomic E-state index is 12.0. The predicted molar refractivity (Wildman–Crippen MR) is 152 cm³/mol. The largest absolute Gasteiger partial charge is 0.385 e. The molecule has 4 aromatic carbocycles. The normalized spacial score (nSPS) is 17.3. The van der Waals surface area contributed by atoms with Crippen LogP contribution < -0.4 is 0 Å². The number of nitrogens with zero attached hydrogens (tertiary/aromatic N) is 1. The molecule has 190 valence electrons. The van der Waals surface area contributed by atoms with Crippen LogP contribution in [0.4, 0.5) is 0 Å². The molecule has 37 heavy (non-hydrogen) atoms. The van der Waals surface area contributed by atoms with Gasteiger partial charge >= 0.3 is 0 Å². The zero-order chi connectivity index (χ0) is 25.7. The molecule has 4 aromatic rings. The first-order valence-corrected chi connectivity index (χ1v) is 13.5. The lowest BCUT2D eigenvalue weighted by Gasteiger charge is -2.39. The molecule has 4 heteroatoms. The molecule has 1 saturated heterocycles. The van der Waals surface area contributed by atoms with E-state index in [2.05, 4.69) is 41.3 Å². The number of halogens is 1. The molecule has 2 N–H and O–H groups in total. The Morgan fingerprint density at radius 3 is 1.86 bits per heavy atom. The second kappa shape index (κ2) is 11.2. The molecule has 0 aliphatic carbocycles. The monoisotopic (exact) mass is 511 g/mol. The van der Waals surface area contributed by atoms with Gasteiger partial charge in [0.1, 0.15) is 5.60 Å². The van der Waals surface area contributed by atoms with Crippen molar-refractivity contribution < 1.29 is 10.2 Å². The topological polar surface area (TPSA) is 43.7 Å². The molecule has 1 fully saturated rings. The Morgan fingerprint density at radius 1 is 0.703 bits per heavy atom. The maximum Gasteiger partial charge on any atom is 0.115 e. The molecule has 0 bridgehead atoms. The summed E-state index contributed by atoms with van der Waals surface area (Å²) < 4.78 is 0. The summed E-state index contributed by atoms with van der Waals surface area (Å²) in [6.45, 7) is 2.54. The van der Waals surface area contributed by atoms with Crippen LogP contribution in [0.5, 0.6) is 0 Å². The minimum absolute atomic E-state index is 0.625. The third-order valence-corrected chi connectivity index (χ3v) is 8.05. The van der Waals surface area contributed by atoms with E-state index >= 15 is 0 Å². The molecule has 0 spiro atoms. The van der Waals surface area contributed by atoms with Crippen LogP contribution in [-0.2, 0) is 11.2 Å². The lowest BCUT2D eigenvalue weighted by atomic mass is 9.81. The van der Waals surface area contributed by atoms with Gasteiger partial charge in [-0.3, -0.25) is 0 Å². The Morgan fingerprint density at radius 2 is 1.24 bits per heavy atom. The molecular weight excluding hydrogens is 478 g/mol. The fraction of sp³-hybridized carbons (Fsp3) is 0.273. The van der Waals surface area contributed by atoms with E-state index in [0.717, 1.165) is 48.3 Å². The predicted octanol–water partition coefficient (Wildman–Crippen LogP) is 7.01. The Balaban J connectivity index is 1.25. The van der Waals surface area contributed by atoms with Gasteiger partial charge in [-0.25, -0.2) is 0 Å². The maximum absolute atomic E-state index is 12.0. The molecule has 1 heterocycles. The van der Waals surface area contributed by atoms with Crippen LogP contribution in [0, 0.1) is 0 Å². The Labute approximate surface area is 225 Å². The van der Waals surface area contributed by atoms with Crippen LogP contribution in [0.3, 0.4) is 0 Å². The van der Waals surface area contributed by atoms with Crippen molar-refractivity contribution in [2.75, 3.05) is 19.6 Å². The number of hydrogen-bond donors (Lipinski definition) is 2. The van der Waals surface area contributed by atoms with Crippen molar-refractivity contribution in [2.45, 2.75) is 36.9 Å². The summed E-state index contributed by atoms with van der Waals surface area (Å²) in [6, 6.07) is 36.2. The van der Waals surface area contributed by atoms with Crippen LogP contribution in [0.1, 0.15) is 42.4 Å². The van der Waals surface area contributed by atoms with Gasteiger partial charge in [-0.05, 0) is 72.2 Å². The van der Waals surface area contributed by atoms with Crippen LogP contribution in [0.15, 0.2) is 109 Å². The molecule has 0 saturated carbocycles. The van der Waals surface area contributed by atoms with E-state index in [9.17, 15) is 10.2 Å². The van der Waals surface area contributed by atoms with Gasteiger partial charge in [0.05, 0.1) is 5.60 Å². The number of hydrogen-bond acceptors (Lipinski definition) is 3. The lowest BCUT2D eigenvalue weighted by molar-refractivity contribution is -0.0275. The highest BCUT2D eigenvalue weighted by atomic mass is 35.5. The highest BCUT2D eigenvalue weighted by molar-refractivity contribution is 6.30. The molecule has 1 unspecified atom stereocenters. The number of aliphatic hydroxyl groups is 2. The Bertz CT molecular complexity index is 1270. The SMILES string of the molecule is OC1(c2ccc(Cl)cc2)CCN(CCCC(O)(c2ccccc2)c2ccc(-c3ccccc3)cc2)CC1. The van der Waals surface area contributed by atoms with Gasteiger partial charge in [-0.1, -0.05) is 109 Å². The van der Waals surface area contributed by atoms with Crippen molar-refractivity contribution in [3.05, 3.63) is 131 Å². The highest BCUT2D eigenvalue weighted by Gasteiger charge is 2.35. The average Bonchev–Trinajstić information content (AvgIpc) is 2.95. The van der Waals surface area contributed by atoms with E-state index in [1.807, 2.05) is 72.8 Å². The summed E-state index contributed by atoms with van der Waals surface area (Å²) in [6.07, 6.45) is 2.86. The standard InChI is InChI=1S/C33H34ClNO2/c34-31-18-16-28(17-19-31)32(36)21-24-35(25-22-32)23-7-20-33(37,29-10-5-2-6-11-29)30-14-12-27(13-15-30)26-8-3-1-4-9-26/h1-6,8-19,36-37H,7,20-25H2. The van der Waals surface area contributed by atoms with Crippen molar-refractivity contribution in [3.8, 4) is 11.1 Å². The lowest BCUT2D eigenvalue weighted by Crippen LogP contribution is -2.43. The second-order valence-corrected chi connectivity index (χ2v) is 10.6. The molecule has 0 radical (unpaired) electrons. The van der Waals surface area contributed by atoms with Crippen molar-refractivity contribution >= 4 is 11.6 Å². The summed E-state index contributed by atoms with van der Waals surface area (Å²) in [5.74, 6) is 0. The van der Waals surface area contributed by atoms with Crippen molar-refractivity contribution in [1.29, 1.82) is 0 Å². The third-order valence-electron chi connectivity index (χ3n) is 7.80. The summed E-state index contributed by atoms with van der Waals surface area (Å²) in [4.78, 5) is 2.40. The minimum atomic E-state index is -1.06. The zero-order valence-corrected chi connectivity index (χ0v) is 21.8. The zero-order valence-electron chi connectivity index (χ0n) is 21.1. The Kier molecular flexibility index (Phi) is 7.78. The van der Waals surface area contributed by atoms with Crippen molar-refractivity contribution in [2.24, 2.45) is 0 Å². The quantitative estimate of drug-likeness (QED) is 0.267. The molecule has 0 aromatic heterocycles. The molecule has 1 aliphatic rings. The van der Waals surface area contributed by atoms with E-state index < -0.39 is 11.2 Å². The molecular formula is C33H34ClNO2. The van der Waals surface area contributed by atoms with E-state index in [1.165, 1.54) is 5.56 Å². The van der Waals surface area contributed by atoms with E-state index in [0.29, 0.717) is 24.3 Å². The number of rotatable bonds is 8. The summed E-state index contributed by atoms with van der Waals surface area (Å²) in [5.41, 5.74) is 3.21. The van der Waals surface area contributed by atoms with E-state index in [4.69, 9.17) is 11.6 Å². The van der Waals surface area contributed by atoms with Gasteiger partial charge in [-0.15, -0.1) is 0 Å². The van der Waals surface area contributed by atoms with Crippen LogP contribution in [0.25, 0.3) is 11.1 Å². The first-order valence-electron chi connectivity index (χ1n) is 13.1. The fourth-order valence-corrected chi connectivity index (χ4v) is 5.62. The molecule has 0 amide bonds. The van der Waals surface area contributed by atoms with Gasteiger partial charge in [0.2, 0.25) is 0 Å². The van der Waals surface area contributed by atoms with Crippen LogP contribution in [0.2, 0.25) is 5.02 Å². The fourth-order valence-electron chi connectivity index (χ4n) is 5.49. The van der Waals surface area contributed by atoms with E-state index in [1.54, 1.807) is 0 Å². The first-order chi connectivity index (χ1) is 18.0. The summed E-state index contributed by atoms with van der Waals surface area (Å²) in [5, 5.41) is 23.9. The Hall–Kier alpha value is -2.95. The van der Waals surface area contributed by atoms with Gasteiger partial charge in [-0.2, -0.15) is 0 Å². The molecule has 1 aliphatic heterocycles. The van der Waals surface area contributed by atoms with Gasteiger partial charge in [0.15, 0.2) is 0 Å². The smallest absolute Gasteiger partial charge is 0.115 e. The second-order valence-electron chi connectivity index (χ2n) is 10.2. The van der Waals surface area contributed by atoms with Crippen LogP contribution in [-0.4, -0.2) is 34.7 Å². The molecule has 1 atom stereocenters. The summed E-state index contributed by atoms with van der Waals surface area (Å²) >= 11 is 6.03. The van der Waals surface area contributed by atoms with Gasteiger partial charge in [0, 0.05) is 18.1 Å². The first kappa shape index (κ1) is 25.7. The van der Waals surface area contributed by atoms with Crippen LogP contribution >= 0.6 is 11.6 Å². The van der Waals surface area contributed by atoms with Crippen molar-refractivity contribution in [3.63, 3.8) is 0 Å². The minimum Gasteiger partial charge on any atom is -0.385 e. The average molecular weight is 512 g/mol. The van der Waals surface area contributed by atoms with E-state index in [-0.39, 0.29) is 0 Å². The number of piperidine rings is 1.